The van der Waals surface area contributed by atoms with Crippen LogP contribution in [0.4, 0.5) is 5.69 Å². The summed E-state index contributed by atoms with van der Waals surface area (Å²) in [5.74, 6) is 0.545. The molecule has 21 heavy (non-hydrogen) atoms. The van der Waals surface area contributed by atoms with Gasteiger partial charge in [-0.3, -0.25) is 0 Å². The van der Waals surface area contributed by atoms with Crippen molar-refractivity contribution in [2.75, 3.05) is 5.32 Å². The highest BCUT2D eigenvalue weighted by atomic mass is 35.5. The average molecular weight is 300 g/mol. The van der Waals surface area contributed by atoms with Crippen LogP contribution in [0.15, 0.2) is 48.5 Å². The van der Waals surface area contributed by atoms with Gasteiger partial charge in [0.15, 0.2) is 0 Å². The summed E-state index contributed by atoms with van der Waals surface area (Å²) in [6.45, 7) is 2.05. The second-order valence-corrected chi connectivity index (χ2v) is 5.14. The minimum absolute atomic E-state index is 0.264. The highest BCUT2D eigenvalue weighted by Gasteiger charge is 2.20. The molecule has 2 N–H and O–H groups in total. The van der Waals surface area contributed by atoms with Crippen molar-refractivity contribution in [1.29, 1.82) is 0 Å². The van der Waals surface area contributed by atoms with Gasteiger partial charge in [0, 0.05) is 16.3 Å². The molecule has 2 aromatic carbocycles. The number of aromatic amines is 1. The summed E-state index contributed by atoms with van der Waals surface area (Å²) < 4.78 is 0. The number of hydrogen-bond donors (Lipinski definition) is 2. The van der Waals surface area contributed by atoms with E-state index in [0.717, 1.165) is 11.3 Å². The van der Waals surface area contributed by atoms with E-state index in [1.807, 2.05) is 48.5 Å². The lowest BCUT2D eigenvalue weighted by Gasteiger charge is -2.18. The number of halogens is 1. The normalized spacial score (nSPS) is 12.1. The first-order valence-electron chi connectivity index (χ1n) is 6.55. The van der Waals surface area contributed by atoms with Crippen LogP contribution in [0, 0.1) is 6.92 Å². The summed E-state index contributed by atoms with van der Waals surface area (Å²) in [5, 5.41) is 18.3. The molecule has 1 aromatic heterocycles. The van der Waals surface area contributed by atoms with Crippen molar-refractivity contribution in [3.8, 4) is 0 Å². The van der Waals surface area contributed by atoms with Gasteiger partial charge in [-0.2, -0.15) is 5.21 Å². The van der Waals surface area contributed by atoms with Crippen LogP contribution in [0.1, 0.15) is 23.0 Å². The van der Waals surface area contributed by atoms with Gasteiger partial charge in [-0.1, -0.05) is 52.7 Å². The van der Waals surface area contributed by atoms with Crippen molar-refractivity contribution in [1.82, 2.24) is 20.6 Å². The van der Waals surface area contributed by atoms with E-state index in [-0.39, 0.29) is 6.04 Å². The lowest BCUT2D eigenvalue weighted by molar-refractivity contribution is 0.835. The average Bonchev–Trinajstić information content (AvgIpc) is 3.02. The topological polar surface area (TPSA) is 66.5 Å². The molecule has 106 valence electrons. The van der Waals surface area contributed by atoms with Gasteiger partial charge in [-0.05, 0) is 25.1 Å². The van der Waals surface area contributed by atoms with Gasteiger partial charge in [0.05, 0.1) is 0 Å². The van der Waals surface area contributed by atoms with Gasteiger partial charge in [0.25, 0.3) is 0 Å². The van der Waals surface area contributed by atoms with E-state index in [4.69, 9.17) is 11.6 Å². The minimum atomic E-state index is -0.264. The molecule has 0 saturated heterocycles. The number of hydrogen-bond acceptors (Lipinski definition) is 4. The van der Waals surface area contributed by atoms with Crippen LogP contribution in [0.2, 0.25) is 5.02 Å². The molecule has 0 saturated carbocycles. The Balaban J connectivity index is 1.97. The molecule has 6 heteroatoms. The van der Waals surface area contributed by atoms with Gasteiger partial charge in [-0.25, -0.2) is 0 Å². The van der Waals surface area contributed by atoms with Crippen molar-refractivity contribution in [2.45, 2.75) is 13.0 Å². The molecule has 3 aromatic rings. The molecule has 1 unspecified atom stereocenters. The molecular weight excluding hydrogens is 286 g/mol. The summed E-state index contributed by atoms with van der Waals surface area (Å²) >= 11 is 6.30. The molecular formula is C15H14ClN5. The number of rotatable bonds is 4. The predicted molar refractivity (Wildman–Crippen MR) is 82.3 cm³/mol. The van der Waals surface area contributed by atoms with Crippen LogP contribution in [0.3, 0.4) is 0 Å². The Bertz CT molecular complexity index is 709. The highest BCUT2D eigenvalue weighted by molar-refractivity contribution is 6.31. The van der Waals surface area contributed by atoms with Crippen LogP contribution < -0.4 is 5.32 Å². The maximum Gasteiger partial charge on any atom is 0.201 e. The molecule has 5 nitrogen and oxygen atoms in total. The third-order valence-corrected chi connectivity index (χ3v) is 3.54. The Hall–Kier alpha value is -2.40. The van der Waals surface area contributed by atoms with E-state index in [9.17, 15) is 0 Å². The van der Waals surface area contributed by atoms with Crippen molar-refractivity contribution in [3.63, 3.8) is 0 Å². The maximum atomic E-state index is 6.30. The predicted octanol–water partition coefficient (Wildman–Crippen LogP) is 3.36. The molecule has 0 bridgehead atoms. The smallest absolute Gasteiger partial charge is 0.201 e. The first-order valence-corrected chi connectivity index (χ1v) is 6.93. The number of tetrazole rings is 1. The number of H-pyrrole nitrogens is 1. The molecule has 1 atom stereocenters. The Morgan fingerprint density at radius 2 is 1.86 bits per heavy atom. The summed E-state index contributed by atoms with van der Waals surface area (Å²) in [6.07, 6.45) is 0. The number of aryl methyl sites for hydroxylation is 1. The van der Waals surface area contributed by atoms with Crippen molar-refractivity contribution in [2.24, 2.45) is 0 Å². The largest absolute Gasteiger partial charge is 0.371 e. The SMILES string of the molecule is Cc1ccc(NC(c2nn[nH]n2)c2ccccc2Cl)cc1. The molecule has 0 fully saturated rings. The van der Waals surface area contributed by atoms with Crippen molar-refractivity contribution >= 4 is 17.3 Å². The molecule has 0 radical (unpaired) electrons. The van der Waals surface area contributed by atoms with E-state index >= 15 is 0 Å². The zero-order valence-corrected chi connectivity index (χ0v) is 12.2. The molecule has 0 spiro atoms. The number of benzene rings is 2. The zero-order valence-electron chi connectivity index (χ0n) is 11.4. The molecule has 0 aliphatic carbocycles. The Morgan fingerprint density at radius 1 is 1.10 bits per heavy atom. The lowest BCUT2D eigenvalue weighted by Crippen LogP contribution is -2.14. The van der Waals surface area contributed by atoms with Crippen LogP contribution >= 0.6 is 11.6 Å². The van der Waals surface area contributed by atoms with Crippen LogP contribution in [-0.2, 0) is 0 Å². The quantitative estimate of drug-likeness (QED) is 0.775. The Kier molecular flexibility index (Phi) is 3.83. The van der Waals surface area contributed by atoms with E-state index < -0.39 is 0 Å². The van der Waals surface area contributed by atoms with E-state index in [0.29, 0.717) is 10.8 Å². The number of nitrogens with zero attached hydrogens (tertiary/aromatic N) is 3. The maximum absolute atomic E-state index is 6.30. The number of anilines is 1. The summed E-state index contributed by atoms with van der Waals surface area (Å²) in [6, 6.07) is 15.5. The fraction of sp³-hybridized carbons (Fsp3) is 0.133. The van der Waals surface area contributed by atoms with E-state index in [1.54, 1.807) is 0 Å². The fourth-order valence-electron chi connectivity index (χ4n) is 2.10. The standard InChI is InChI=1S/C15H14ClN5/c1-10-6-8-11(9-7-10)17-14(15-18-20-21-19-15)12-4-2-3-5-13(12)16/h2-9,14,17H,1H3,(H,18,19,20,21). The highest BCUT2D eigenvalue weighted by Crippen LogP contribution is 2.29. The molecule has 3 rings (SSSR count). The Morgan fingerprint density at radius 3 is 2.52 bits per heavy atom. The van der Waals surface area contributed by atoms with Gasteiger partial charge in [0.2, 0.25) is 5.82 Å². The van der Waals surface area contributed by atoms with Crippen LogP contribution in [0.5, 0.6) is 0 Å². The van der Waals surface area contributed by atoms with Crippen LogP contribution in [-0.4, -0.2) is 20.6 Å². The summed E-state index contributed by atoms with van der Waals surface area (Å²) in [4.78, 5) is 0. The second kappa shape index (κ2) is 5.93. The molecule has 1 heterocycles. The van der Waals surface area contributed by atoms with E-state index in [1.165, 1.54) is 5.56 Å². The molecule has 0 aliphatic heterocycles. The molecule has 0 aliphatic rings. The number of aromatic nitrogens is 4. The van der Waals surface area contributed by atoms with Crippen molar-refractivity contribution < 1.29 is 0 Å². The zero-order chi connectivity index (χ0) is 14.7. The van der Waals surface area contributed by atoms with Crippen LogP contribution in [0.25, 0.3) is 0 Å². The van der Waals surface area contributed by atoms with Gasteiger partial charge in [-0.15, -0.1) is 10.2 Å². The molecule has 0 amide bonds. The van der Waals surface area contributed by atoms with Gasteiger partial charge >= 0.3 is 0 Å². The van der Waals surface area contributed by atoms with E-state index in [2.05, 4.69) is 32.9 Å². The third kappa shape index (κ3) is 3.03. The summed E-state index contributed by atoms with van der Waals surface area (Å²) in [7, 11) is 0. The van der Waals surface area contributed by atoms with Gasteiger partial charge < -0.3 is 5.32 Å². The van der Waals surface area contributed by atoms with Crippen molar-refractivity contribution in [3.05, 3.63) is 70.5 Å². The summed E-state index contributed by atoms with van der Waals surface area (Å²) in [5.41, 5.74) is 3.07. The lowest BCUT2D eigenvalue weighted by atomic mass is 10.1. The Labute approximate surface area is 127 Å². The fourth-order valence-corrected chi connectivity index (χ4v) is 2.34. The minimum Gasteiger partial charge on any atom is -0.371 e. The monoisotopic (exact) mass is 299 g/mol. The number of nitrogens with one attached hydrogen (secondary N) is 2. The first kappa shape index (κ1) is 13.6. The second-order valence-electron chi connectivity index (χ2n) is 4.73. The van der Waals surface area contributed by atoms with Gasteiger partial charge in [0.1, 0.15) is 6.04 Å². The third-order valence-electron chi connectivity index (χ3n) is 3.20. The first-order chi connectivity index (χ1) is 10.2.